The van der Waals surface area contributed by atoms with Crippen LogP contribution in [0.4, 0.5) is 4.39 Å². The molecule has 1 aromatic carbocycles. The summed E-state index contributed by atoms with van der Waals surface area (Å²) in [5.74, 6) is -1.65. The fraction of sp³-hybridized carbons (Fsp3) is 0.300. The molecule has 1 aliphatic carbocycles. The highest BCUT2D eigenvalue weighted by Gasteiger charge is 2.49. The van der Waals surface area contributed by atoms with Gasteiger partial charge < -0.3 is 10.2 Å². The number of carbonyl (C=O) groups excluding carboxylic acids is 1. The number of rotatable bonds is 2. The Labute approximate surface area is 84.7 Å². The summed E-state index contributed by atoms with van der Waals surface area (Å²) in [6, 6.07) is 2.08. The van der Waals surface area contributed by atoms with Crippen LogP contribution in [0, 0.1) is 5.82 Å². The van der Waals surface area contributed by atoms with Crippen LogP contribution in [0.15, 0.2) is 17.1 Å². The molecule has 0 radical (unpaired) electrons. The molecule has 1 aromatic rings. The van der Waals surface area contributed by atoms with E-state index < -0.39 is 22.9 Å². The molecular weight excluding hydrogens is 201 g/mol. The van der Waals surface area contributed by atoms with Gasteiger partial charge in [-0.25, -0.2) is 9.18 Å². The lowest BCUT2D eigenvalue weighted by Crippen LogP contribution is -2.06. The summed E-state index contributed by atoms with van der Waals surface area (Å²) in [5, 5.41) is 18.7. The monoisotopic (exact) mass is 209 g/mol. The Bertz CT molecular complexity index is 462. The Morgan fingerprint density at radius 3 is 2.60 bits per heavy atom. The number of benzene rings is 1. The number of halogens is 1. The number of hydrogen-bond acceptors (Lipinski definition) is 4. The molecule has 1 aliphatic rings. The van der Waals surface area contributed by atoms with Crippen molar-refractivity contribution in [2.24, 2.45) is 4.99 Å². The fourth-order valence-corrected chi connectivity index (χ4v) is 1.62. The molecule has 2 N–H and O–H groups in total. The van der Waals surface area contributed by atoms with Crippen LogP contribution in [-0.2, 0) is 10.3 Å². The Morgan fingerprint density at radius 2 is 2.07 bits per heavy atom. The van der Waals surface area contributed by atoms with Crippen LogP contribution >= 0.6 is 0 Å². The Balaban J connectivity index is 2.62. The molecule has 1 saturated carbocycles. The fourth-order valence-electron chi connectivity index (χ4n) is 1.62. The Kier molecular flexibility index (Phi) is 1.98. The molecule has 0 aliphatic heterocycles. The molecule has 2 rings (SSSR count). The van der Waals surface area contributed by atoms with Crippen molar-refractivity contribution in [3.63, 3.8) is 0 Å². The summed E-state index contributed by atoms with van der Waals surface area (Å²) >= 11 is 0. The van der Waals surface area contributed by atoms with Gasteiger partial charge >= 0.3 is 0 Å². The van der Waals surface area contributed by atoms with E-state index in [0.717, 1.165) is 12.1 Å². The molecule has 78 valence electrons. The standard InChI is InChI=1S/C10H8FNO3/c11-6-1-2-7(14)9(15)8(6)10(3-4-10)12-5-13/h1-2,14-15H,3-4H2. The van der Waals surface area contributed by atoms with E-state index in [1.54, 1.807) is 0 Å². The van der Waals surface area contributed by atoms with E-state index in [0.29, 0.717) is 12.8 Å². The van der Waals surface area contributed by atoms with Gasteiger partial charge in [0.15, 0.2) is 11.5 Å². The first-order valence-corrected chi connectivity index (χ1v) is 4.41. The van der Waals surface area contributed by atoms with Crippen molar-refractivity contribution >= 4 is 6.08 Å². The summed E-state index contributed by atoms with van der Waals surface area (Å²) in [5.41, 5.74) is -1.14. The van der Waals surface area contributed by atoms with Crippen LogP contribution in [0.3, 0.4) is 0 Å². The van der Waals surface area contributed by atoms with Crippen LogP contribution in [0.1, 0.15) is 18.4 Å². The third kappa shape index (κ3) is 1.37. The van der Waals surface area contributed by atoms with Gasteiger partial charge in [0.2, 0.25) is 6.08 Å². The van der Waals surface area contributed by atoms with Crippen molar-refractivity contribution in [2.75, 3.05) is 0 Å². The Hall–Kier alpha value is -1.87. The number of phenols is 2. The van der Waals surface area contributed by atoms with Crippen molar-refractivity contribution in [3.05, 3.63) is 23.5 Å². The molecule has 1 fully saturated rings. The summed E-state index contributed by atoms with van der Waals surface area (Å²) in [4.78, 5) is 13.7. The van der Waals surface area contributed by atoms with Crippen LogP contribution in [0.2, 0.25) is 0 Å². The zero-order valence-corrected chi connectivity index (χ0v) is 7.70. The number of nitrogens with zero attached hydrogens (tertiary/aromatic N) is 1. The topological polar surface area (TPSA) is 69.9 Å². The van der Waals surface area contributed by atoms with Crippen molar-refractivity contribution < 1.29 is 19.4 Å². The molecular formula is C10H8FNO3. The summed E-state index contributed by atoms with van der Waals surface area (Å²) in [6.45, 7) is 0. The number of hydrogen-bond donors (Lipinski definition) is 2. The van der Waals surface area contributed by atoms with Gasteiger partial charge in [-0.05, 0) is 25.0 Å². The molecule has 15 heavy (non-hydrogen) atoms. The SMILES string of the molecule is O=C=NC1(c2c(F)ccc(O)c2O)CC1. The van der Waals surface area contributed by atoms with Crippen LogP contribution in [0.5, 0.6) is 11.5 Å². The van der Waals surface area contributed by atoms with Gasteiger partial charge in [0.05, 0.1) is 5.56 Å². The second-order valence-corrected chi connectivity index (χ2v) is 3.52. The lowest BCUT2D eigenvalue weighted by molar-refractivity contribution is 0.387. The first-order chi connectivity index (χ1) is 7.10. The Morgan fingerprint density at radius 1 is 1.40 bits per heavy atom. The van der Waals surface area contributed by atoms with E-state index in [4.69, 9.17) is 0 Å². The molecule has 4 nitrogen and oxygen atoms in total. The molecule has 0 spiro atoms. The van der Waals surface area contributed by atoms with Gasteiger partial charge in [0.1, 0.15) is 11.4 Å². The quantitative estimate of drug-likeness (QED) is 0.441. The highest BCUT2D eigenvalue weighted by molar-refractivity contribution is 5.53. The largest absolute Gasteiger partial charge is 0.504 e. The van der Waals surface area contributed by atoms with Crippen molar-refractivity contribution in [1.82, 2.24) is 0 Å². The van der Waals surface area contributed by atoms with Gasteiger partial charge in [-0.2, -0.15) is 4.99 Å². The van der Waals surface area contributed by atoms with Crippen LogP contribution in [-0.4, -0.2) is 16.3 Å². The number of aliphatic imine (C=N–C) groups is 1. The number of phenolic OH excluding ortho intramolecular Hbond substituents is 2. The minimum atomic E-state index is -1.02. The predicted octanol–water partition coefficient (Wildman–Crippen LogP) is 1.56. The molecule has 0 heterocycles. The summed E-state index contributed by atoms with van der Waals surface area (Å²) < 4.78 is 13.4. The van der Waals surface area contributed by atoms with Crippen LogP contribution < -0.4 is 0 Å². The lowest BCUT2D eigenvalue weighted by atomic mass is 10.0. The molecule has 0 atom stereocenters. The zero-order chi connectivity index (χ0) is 11.1. The van der Waals surface area contributed by atoms with E-state index in [1.807, 2.05) is 0 Å². The normalized spacial score (nSPS) is 16.9. The maximum Gasteiger partial charge on any atom is 0.235 e. The van der Waals surface area contributed by atoms with Gasteiger partial charge in [0, 0.05) is 0 Å². The van der Waals surface area contributed by atoms with E-state index >= 15 is 0 Å². The highest BCUT2D eigenvalue weighted by atomic mass is 19.1. The van der Waals surface area contributed by atoms with E-state index in [-0.39, 0.29) is 5.56 Å². The third-order valence-corrected chi connectivity index (χ3v) is 2.55. The van der Waals surface area contributed by atoms with E-state index in [2.05, 4.69) is 4.99 Å². The minimum Gasteiger partial charge on any atom is -0.504 e. The van der Waals surface area contributed by atoms with Crippen molar-refractivity contribution in [1.29, 1.82) is 0 Å². The first-order valence-electron chi connectivity index (χ1n) is 4.41. The van der Waals surface area contributed by atoms with E-state index in [9.17, 15) is 19.4 Å². The van der Waals surface area contributed by atoms with Gasteiger partial charge in [-0.15, -0.1) is 0 Å². The smallest absolute Gasteiger partial charge is 0.235 e. The number of aromatic hydroxyl groups is 2. The van der Waals surface area contributed by atoms with Crippen molar-refractivity contribution in [2.45, 2.75) is 18.4 Å². The molecule has 0 unspecified atom stereocenters. The molecule has 0 aromatic heterocycles. The lowest BCUT2D eigenvalue weighted by Gasteiger charge is -2.12. The summed E-state index contributed by atoms with van der Waals surface area (Å²) in [6.07, 6.45) is 2.30. The number of isocyanates is 1. The minimum absolute atomic E-state index is 0.120. The average molecular weight is 209 g/mol. The molecule has 5 heteroatoms. The van der Waals surface area contributed by atoms with Crippen LogP contribution in [0.25, 0.3) is 0 Å². The first kappa shape index (κ1) is 9.68. The zero-order valence-electron chi connectivity index (χ0n) is 7.70. The average Bonchev–Trinajstić information content (AvgIpc) is 2.94. The van der Waals surface area contributed by atoms with E-state index in [1.165, 1.54) is 6.08 Å². The highest BCUT2D eigenvalue weighted by Crippen LogP contribution is 2.54. The third-order valence-electron chi connectivity index (χ3n) is 2.55. The van der Waals surface area contributed by atoms with Gasteiger partial charge in [-0.1, -0.05) is 0 Å². The van der Waals surface area contributed by atoms with Gasteiger partial charge in [-0.3, -0.25) is 0 Å². The second-order valence-electron chi connectivity index (χ2n) is 3.52. The van der Waals surface area contributed by atoms with Gasteiger partial charge in [0.25, 0.3) is 0 Å². The molecule has 0 saturated heterocycles. The second kappa shape index (κ2) is 3.07. The predicted molar refractivity (Wildman–Crippen MR) is 48.8 cm³/mol. The molecule has 0 bridgehead atoms. The molecule has 0 amide bonds. The maximum absolute atomic E-state index is 13.4. The summed E-state index contributed by atoms with van der Waals surface area (Å²) in [7, 11) is 0. The van der Waals surface area contributed by atoms with Crippen molar-refractivity contribution in [3.8, 4) is 11.5 Å². The maximum atomic E-state index is 13.4.